The Bertz CT molecular complexity index is 1770. The molecule has 2 unspecified atom stereocenters. The zero-order chi connectivity index (χ0) is 46.3. The third-order valence-electron chi connectivity index (χ3n) is 9.35. The Hall–Kier alpha value is -3.38. The van der Waals surface area contributed by atoms with Gasteiger partial charge in [0.2, 0.25) is 0 Å². The highest BCUT2D eigenvalue weighted by Crippen LogP contribution is 2.30. The van der Waals surface area contributed by atoms with Crippen LogP contribution in [0.3, 0.4) is 0 Å². The number of rotatable bonds is 39. The van der Waals surface area contributed by atoms with E-state index in [1.165, 1.54) is 6.21 Å². The summed E-state index contributed by atoms with van der Waals surface area (Å²) >= 11 is 6.57. The molecule has 1 aromatic carbocycles. The molecule has 65 heavy (non-hydrogen) atoms. The van der Waals surface area contributed by atoms with Crippen LogP contribution in [0.5, 0.6) is 0 Å². The Balaban J connectivity index is 1.04. The first-order valence-corrected chi connectivity index (χ1v) is 23.6. The molecule has 1 aliphatic rings. The largest absolute Gasteiger partial charge is 0.379 e. The SMILES string of the molecule is CC(=O)CCOCCOCCOCCOCCn1cc(COCCOCCOCCOCCN(Cc2ccccc2Cl)c2nc(C)nc(NC3CCC(COCP(O)O)O3)c2C=N)nn1. The zero-order valence-electron chi connectivity index (χ0n) is 37.5. The molecule has 3 aromatic rings. The number of benzene rings is 1. The van der Waals surface area contributed by atoms with Gasteiger partial charge in [0.15, 0.2) is 8.38 Å². The number of Topliss-reactive ketones (excluding diaryl/α,β-unsaturated/α-hetero) is 1. The first-order chi connectivity index (χ1) is 31.7. The standard InChI is InChI=1S/C42H66ClN8O13P/c1-33(52)9-12-55-15-18-58-21-22-60-20-17-57-14-11-51-29-36(48-49-51)30-62-26-25-61-24-23-59-19-16-56-13-10-50(28-35-5-3-4-6-39(35)43)42-38(27-44)41(45-34(2)46-42)47-40-8-7-37(64-40)31-63-32-65(53)54/h3-6,27,29,37,40,44,53-54H,7-26,28,30-32H2,1-2H3,(H,45,46,47). The van der Waals surface area contributed by atoms with Gasteiger partial charge in [-0.05, 0) is 38.3 Å². The molecule has 1 saturated heterocycles. The van der Waals surface area contributed by atoms with Crippen LogP contribution >= 0.6 is 20.0 Å². The van der Waals surface area contributed by atoms with Crippen molar-refractivity contribution < 1.29 is 61.9 Å². The summed E-state index contributed by atoms with van der Waals surface area (Å²) < 4.78 is 57.9. The van der Waals surface area contributed by atoms with Gasteiger partial charge in [0.05, 0.1) is 137 Å². The van der Waals surface area contributed by atoms with E-state index < -0.39 is 8.38 Å². The highest BCUT2D eigenvalue weighted by atomic mass is 35.5. The predicted molar refractivity (Wildman–Crippen MR) is 242 cm³/mol. The van der Waals surface area contributed by atoms with Gasteiger partial charge >= 0.3 is 0 Å². The van der Waals surface area contributed by atoms with Crippen LogP contribution < -0.4 is 10.2 Å². The van der Waals surface area contributed by atoms with Crippen LogP contribution in [0.4, 0.5) is 11.6 Å². The van der Waals surface area contributed by atoms with Crippen molar-refractivity contribution in [1.82, 2.24) is 25.0 Å². The lowest BCUT2D eigenvalue weighted by molar-refractivity contribution is -0.118. The minimum absolute atomic E-state index is 0.113. The lowest BCUT2D eigenvalue weighted by atomic mass is 10.2. The van der Waals surface area contributed by atoms with Crippen molar-refractivity contribution in [1.29, 1.82) is 5.41 Å². The van der Waals surface area contributed by atoms with Gasteiger partial charge in [-0.1, -0.05) is 35.0 Å². The summed E-state index contributed by atoms with van der Waals surface area (Å²) in [6.45, 7) is 11.8. The van der Waals surface area contributed by atoms with Gasteiger partial charge in [-0.2, -0.15) is 0 Å². The van der Waals surface area contributed by atoms with Gasteiger partial charge in [-0.3, -0.25) is 4.79 Å². The van der Waals surface area contributed by atoms with Crippen LogP contribution in [0, 0.1) is 12.3 Å². The molecule has 1 aliphatic heterocycles. The first kappa shape index (κ1) is 54.2. The molecule has 23 heteroatoms. The molecular weight excluding hydrogens is 891 g/mol. The smallest absolute Gasteiger partial charge is 0.192 e. The van der Waals surface area contributed by atoms with Gasteiger partial charge in [0, 0.05) is 30.7 Å². The fourth-order valence-electron chi connectivity index (χ4n) is 6.16. The van der Waals surface area contributed by atoms with Crippen molar-refractivity contribution in [2.45, 2.75) is 65.1 Å². The van der Waals surface area contributed by atoms with E-state index in [-0.39, 0.29) is 31.1 Å². The van der Waals surface area contributed by atoms with Crippen molar-refractivity contribution >= 4 is 43.6 Å². The zero-order valence-corrected chi connectivity index (χ0v) is 39.1. The molecular formula is C42H66ClN8O13P. The topological polar surface area (TPSA) is 245 Å². The van der Waals surface area contributed by atoms with E-state index in [1.54, 1.807) is 18.5 Å². The number of hydrogen-bond donors (Lipinski definition) is 4. The number of halogens is 1. The summed E-state index contributed by atoms with van der Waals surface area (Å²) in [7, 11) is -2.12. The third kappa shape index (κ3) is 23.3. The molecule has 0 spiro atoms. The molecule has 1 fully saturated rings. The molecule has 364 valence electrons. The lowest BCUT2D eigenvalue weighted by Crippen LogP contribution is -2.31. The number of nitrogens with zero attached hydrogens (tertiary/aromatic N) is 6. The number of carbonyl (C=O) groups excluding carboxylic acids is 1. The minimum Gasteiger partial charge on any atom is -0.379 e. The van der Waals surface area contributed by atoms with E-state index in [1.807, 2.05) is 35.4 Å². The predicted octanol–water partition coefficient (Wildman–Crippen LogP) is 3.53. The van der Waals surface area contributed by atoms with E-state index in [0.29, 0.717) is 172 Å². The second kappa shape index (κ2) is 33.2. The minimum atomic E-state index is -2.12. The average molecular weight is 957 g/mol. The normalized spacial score (nSPS) is 15.0. The monoisotopic (exact) mass is 956 g/mol. The first-order valence-electron chi connectivity index (χ1n) is 21.7. The molecule has 4 rings (SSSR count). The van der Waals surface area contributed by atoms with Crippen molar-refractivity contribution in [3.05, 3.63) is 58.1 Å². The van der Waals surface area contributed by atoms with Crippen LogP contribution in [0.1, 0.15) is 48.8 Å². The Kier molecular flexibility index (Phi) is 27.7. The van der Waals surface area contributed by atoms with Crippen LogP contribution in [-0.4, -0.2) is 178 Å². The number of carbonyl (C=O) groups is 1. The second-order valence-corrected chi connectivity index (χ2v) is 16.0. The van der Waals surface area contributed by atoms with E-state index in [9.17, 15) is 4.79 Å². The van der Waals surface area contributed by atoms with Crippen LogP contribution in [0.25, 0.3) is 0 Å². The maximum atomic E-state index is 10.9. The molecule has 21 nitrogen and oxygen atoms in total. The molecule has 4 N–H and O–H groups in total. The number of aryl methyl sites for hydroxylation is 1. The Morgan fingerprint density at radius 3 is 2.12 bits per heavy atom. The lowest BCUT2D eigenvalue weighted by Gasteiger charge is -2.27. The molecule has 3 heterocycles. The van der Waals surface area contributed by atoms with Gasteiger partial charge < -0.3 is 72.8 Å². The van der Waals surface area contributed by atoms with Gasteiger partial charge in [-0.15, -0.1) is 5.10 Å². The van der Waals surface area contributed by atoms with Crippen molar-refractivity contribution in [3.63, 3.8) is 0 Å². The number of ketones is 1. The molecule has 0 aliphatic carbocycles. The van der Waals surface area contributed by atoms with Gasteiger partial charge in [0.1, 0.15) is 41.5 Å². The Labute approximate surface area is 387 Å². The maximum absolute atomic E-state index is 10.9. The van der Waals surface area contributed by atoms with Crippen LogP contribution in [0.2, 0.25) is 5.02 Å². The van der Waals surface area contributed by atoms with Gasteiger partial charge in [0.25, 0.3) is 0 Å². The van der Waals surface area contributed by atoms with Gasteiger partial charge in [-0.25, -0.2) is 14.6 Å². The van der Waals surface area contributed by atoms with Crippen molar-refractivity contribution in [2.24, 2.45) is 0 Å². The second-order valence-electron chi connectivity index (χ2n) is 14.6. The average Bonchev–Trinajstić information content (AvgIpc) is 3.94. The number of hydrogen-bond acceptors (Lipinski definition) is 20. The quantitative estimate of drug-likeness (QED) is 0.0363. The summed E-state index contributed by atoms with van der Waals surface area (Å²) in [6, 6.07) is 7.59. The summed E-state index contributed by atoms with van der Waals surface area (Å²) in [5.74, 6) is 1.65. The Morgan fingerprint density at radius 2 is 1.49 bits per heavy atom. The molecule has 0 amide bonds. The molecule has 0 bridgehead atoms. The maximum Gasteiger partial charge on any atom is 0.192 e. The fourth-order valence-corrected chi connectivity index (χ4v) is 6.62. The van der Waals surface area contributed by atoms with E-state index in [4.69, 9.17) is 79.1 Å². The van der Waals surface area contributed by atoms with Crippen LogP contribution in [-0.2, 0) is 71.9 Å². The highest BCUT2D eigenvalue weighted by Gasteiger charge is 2.28. The highest BCUT2D eigenvalue weighted by molar-refractivity contribution is 7.44. The number of ether oxygens (including phenoxy) is 10. The number of anilines is 2. The van der Waals surface area contributed by atoms with Crippen LogP contribution in [0.15, 0.2) is 30.5 Å². The third-order valence-corrected chi connectivity index (χ3v) is 10.1. The number of nitrogens with one attached hydrogen (secondary N) is 2. The summed E-state index contributed by atoms with van der Waals surface area (Å²) in [4.78, 5) is 40.5. The summed E-state index contributed by atoms with van der Waals surface area (Å²) in [6.07, 6.45) is 4.18. The van der Waals surface area contributed by atoms with E-state index >= 15 is 0 Å². The van der Waals surface area contributed by atoms with E-state index in [2.05, 4.69) is 20.6 Å². The number of aromatic nitrogens is 5. The summed E-state index contributed by atoms with van der Waals surface area (Å²) in [5.41, 5.74) is 2.11. The van der Waals surface area contributed by atoms with Crippen molar-refractivity contribution in [3.8, 4) is 0 Å². The van der Waals surface area contributed by atoms with Crippen molar-refractivity contribution in [2.75, 3.05) is 129 Å². The molecule has 2 aromatic heterocycles. The van der Waals surface area contributed by atoms with E-state index in [0.717, 1.165) is 12.0 Å². The molecule has 0 radical (unpaired) electrons. The molecule has 2 atom stereocenters. The summed E-state index contributed by atoms with van der Waals surface area (Å²) in [5, 5.41) is 20.5. The molecule has 0 saturated carbocycles. The fraction of sp³-hybridized carbons (Fsp3) is 0.667. The Morgan fingerprint density at radius 1 is 0.877 bits per heavy atom.